The lowest BCUT2D eigenvalue weighted by molar-refractivity contribution is -0.384. The van der Waals surface area contributed by atoms with Crippen molar-refractivity contribution in [2.45, 2.75) is 19.8 Å². The molecule has 0 radical (unpaired) electrons. The minimum Gasteiger partial charge on any atom is -0.372 e. The van der Waals surface area contributed by atoms with Crippen molar-refractivity contribution < 1.29 is 19.3 Å². The molecule has 0 spiro atoms. The Balaban J connectivity index is 1.46. The summed E-state index contributed by atoms with van der Waals surface area (Å²) < 4.78 is 0. The van der Waals surface area contributed by atoms with E-state index in [-0.39, 0.29) is 16.8 Å². The number of anilines is 2. The zero-order chi connectivity index (χ0) is 21.4. The van der Waals surface area contributed by atoms with Crippen molar-refractivity contribution in [2.75, 3.05) is 29.9 Å². The molecule has 4 rings (SSSR count). The van der Waals surface area contributed by atoms with Gasteiger partial charge in [-0.25, -0.2) is 0 Å². The van der Waals surface area contributed by atoms with Gasteiger partial charge in [0.05, 0.1) is 16.1 Å². The lowest BCUT2D eigenvalue weighted by Gasteiger charge is -2.20. The Morgan fingerprint density at radius 1 is 1.07 bits per heavy atom. The second-order valence-corrected chi connectivity index (χ2v) is 7.43. The van der Waals surface area contributed by atoms with E-state index >= 15 is 0 Å². The van der Waals surface area contributed by atoms with Crippen LogP contribution >= 0.6 is 0 Å². The van der Waals surface area contributed by atoms with Gasteiger partial charge in [-0.2, -0.15) is 0 Å². The van der Waals surface area contributed by atoms with Gasteiger partial charge in [0, 0.05) is 36.6 Å². The molecule has 0 saturated carbocycles. The molecule has 0 aromatic heterocycles. The van der Waals surface area contributed by atoms with Crippen molar-refractivity contribution in [1.82, 2.24) is 4.90 Å². The third-order valence-corrected chi connectivity index (χ3v) is 5.42. The molecule has 3 amide bonds. The molecule has 0 unspecified atom stereocenters. The summed E-state index contributed by atoms with van der Waals surface area (Å²) in [5.41, 5.74) is 2.30. The maximum absolute atomic E-state index is 12.5. The number of nitrogens with zero attached hydrogens (tertiary/aromatic N) is 3. The van der Waals surface area contributed by atoms with Crippen molar-refractivity contribution in [1.29, 1.82) is 0 Å². The van der Waals surface area contributed by atoms with Crippen molar-refractivity contribution >= 4 is 34.8 Å². The van der Waals surface area contributed by atoms with Crippen LogP contribution in [0.2, 0.25) is 0 Å². The van der Waals surface area contributed by atoms with Crippen LogP contribution in [0, 0.1) is 17.0 Å². The van der Waals surface area contributed by atoms with E-state index in [1.165, 1.54) is 25.0 Å². The van der Waals surface area contributed by atoms with E-state index in [0.29, 0.717) is 5.69 Å². The van der Waals surface area contributed by atoms with Crippen LogP contribution in [-0.2, 0) is 4.79 Å². The minimum absolute atomic E-state index is 0.0598. The summed E-state index contributed by atoms with van der Waals surface area (Å²) in [6.45, 7) is 3.45. The fourth-order valence-electron chi connectivity index (χ4n) is 3.83. The van der Waals surface area contributed by atoms with Gasteiger partial charge in [-0.15, -0.1) is 0 Å². The molecule has 1 saturated heterocycles. The van der Waals surface area contributed by atoms with E-state index in [1.807, 2.05) is 25.1 Å². The zero-order valence-corrected chi connectivity index (χ0v) is 16.4. The maximum atomic E-state index is 12.5. The maximum Gasteiger partial charge on any atom is 0.270 e. The number of nitrogens with one attached hydrogen (secondary N) is 1. The predicted molar refractivity (Wildman–Crippen MR) is 110 cm³/mol. The SMILES string of the molecule is Cc1cc(N2CCCC2)ccc1NC(=O)CN1C(=O)c2ccc([N+](=O)[O-])cc2C1=O. The molecule has 2 aromatic rings. The summed E-state index contributed by atoms with van der Waals surface area (Å²) >= 11 is 0. The number of non-ortho nitro benzene ring substituents is 1. The molecule has 0 aliphatic carbocycles. The fraction of sp³-hybridized carbons (Fsp3) is 0.286. The molecule has 0 bridgehead atoms. The Hall–Kier alpha value is -3.75. The Labute approximate surface area is 172 Å². The number of nitro groups is 1. The molecule has 2 aromatic carbocycles. The highest BCUT2D eigenvalue weighted by atomic mass is 16.6. The molecular formula is C21H20N4O5. The molecule has 0 atom stereocenters. The topological polar surface area (TPSA) is 113 Å². The molecule has 2 aliphatic rings. The van der Waals surface area contributed by atoms with Crippen molar-refractivity contribution in [3.63, 3.8) is 0 Å². The standard InChI is InChI=1S/C21H20N4O5/c1-13-10-14(23-8-2-3-9-23)5-7-18(13)22-19(26)12-24-20(27)16-6-4-15(25(29)30)11-17(16)21(24)28/h4-7,10-11H,2-3,8-9,12H2,1H3,(H,22,26). The third-order valence-electron chi connectivity index (χ3n) is 5.42. The quantitative estimate of drug-likeness (QED) is 0.462. The summed E-state index contributed by atoms with van der Waals surface area (Å²) in [6, 6.07) is 9.23. The minimum atomic E-state index is -0.713. The van der Waals surface area contributed by atoms with Crippen LogP contribution in [0.25, 0.3) is 0 Å². The van der Waals surface area contributed by atoms with Crippen molar-refractivity contribution in [3.05, 3.63) is 63.2 Å². The number of fused-ring (bicyclic) bond motifs is 1. The highest BCUT2D eigenvalue weighted by Gasteiger charge is 2.37. The van der Waals surface area contributed by atoms with Crippen molar-refractivity contribution in [3.8, 4) is 0 Å². The first-order valence-corrected chi connectivity index (χ1v) is 9.65. The molecule has 2 heterocycles. The molecule has 9 nitrogen and oxygen atoms in total. The first-order chi connectivity index (χ1) is 14.3. The normalized spacial score (nSPS) is 15.5. The van der Waals surface area contributed by atoms with Crippen LogP contribution in [0.1, 0.15) is 39.1 Å². The first-order valence-electron chi connectivity index (χ1n) is 9.65. The van der Waals surface area contributed by atoms with Gasteiger partial charge in [-0.05, 0) is 49.6 Å². The van der Waals surface area contributed by atoms with Gasteiger partial charge in [0.2, 0.25) is 5.91 Å². The second-order valence-electron chi connectivity index (χ2n) is 7.43. The second kappa shape index (κ2) is 7.58. The van der Waals surface area contributed by atoms with E-state index < -0.39 is 29.2 Å². The van der Waals surface area contributed by atoms with Gasteiger partial charge >= 0.3 is 0 Å². The highest BCUT2D eigenvalue weighted by molar-refractivity contribution is 6.23. The number of aryl methyl sites for hydroxylation is 1. The third kappa shape index (κ3) is 3.49. The molecule has 2 aliphatic heterocycles. The van der Waals surface area contributed by atoms with Gasteiger partial charge in [0.25, 0.3) is 17.5 Å². The number of benzene rings is 2. The Bertz CT molecular complexity index is 1080. The molecule has 9 heteroatoms. The monoisotopic (exact) mass is 408 g/mol. The smallest absolute Gasteiger partial charge is 0.270 e. The number of imide groups is 1. The average molecular weight is 408 g/mol. The Kier molecular flexibility index (Phi) is 4.94. The van der Waals surface area contributed by atoms with Crippen LogP contribution in [0.3, 0.4) is 0 Å². The summed E-state index contributed by atoms with van der Waals surface area (Å²) in [5, 5.41) is 13.7. The number of amides is 3. The molecule has 1 fully saturated rings. The number of nitro benzene ring substituents is 1. The fourth-order valence-corrected chi connectivity index (χ4v) is 3.83. The van der Waals surface area contributed by atoms with Crippen molar-refractivity contribution in [2.24, 2.45) is 0 Å². The van der Waals surface area contributed by atoms with Gasteiger partial charge in [-0.1, -0.05) is 0 Å². The van der Waals surface area contributed by atoms with Crippen LogP contribution in [-0.4, -0.2) is 47.2 Å². The van der Waals surface area contributed by atoms with Gasteiger partial charge in [0.1, 0.15) is 6.54 Å². The lowest BCUT2D eigenvalue weighted by Crippen LogP contribution is -2.37. The van der Waals surface area contributed by atoms with Crippen LogP contribution in [0.5, 0.6) is 0 Å². The largest absolute Gasteiger partial charge is 0.372 e. The van der Waals surface area contributed by atoms with Gasteiger partial charge in [0.15, 0.2) is 0 Å². The highest BCUT2D eigenvalue weighted by Crippen LogP contribution is 2.28. The average Bonchev–Trinajstić information content (AvgIpc) is 3.33. The summed E-state index contributed by atoms with van der Waals surface area (Å²) in [4.78, 5) is 50.9. The summed E-state index contributed by atoms with van der Waals surface area (Å²) in [6.07, 6.45) is 2.34. The Morgan fingerprint density at radius 2 is 1.77 bits per heavy atom. The van der Waals surface area contributed by atoms with E-state index in [0.717, 1.165) is 35.3 Å². The summed E-state index contributed by atoms with van der Waals surface area (Å²) in [5.74, 6) is -1.87. The molecule has 30 heavy (non-hydrogen) atoms. The number of hydrogen-bond donors (Lipinski definition) is 1. The predicted octanol–water partition coefficient (Wildman–Crippen LogP) is 2.74. The molecule has 1 N–H and O–H groups in total. The van der Waals surface area contributed by atoms with Crippen LogP contribution < -0.4 is 10.2 Å². The van der Waals surface area contributed by atoms with Crippen LogP contribution in [0.4, 0.5) is 17.1 Å². The van der Waals surface area contributed by atoms with Gasteiger partial charge < -0.3 is 10.2 Å². The number of hydrogen-bond acceptors (Lipinski definition) is 6. The zero-order valence-electron chi connectivity index (χ0n) is 16.4. The lowest BCUT2D eigenvalue weighted by atomic mass is 10.1. The first kappa shape index (κ1) is 19.6. The van der Waals surface area contributed by atoms with E-state index in [2.05, 4.69) is 10.2 Å². The van der Waals surface area contributed by atoms with Gasteiger partial charge in [-0.3, -0.25) is 29.4 Å². The summed E-state index contributed by atoms with van der Waals surface area (Å²) in [7, 11) is 0. The van der Waals surface area contributed by atoms with Crippen LogP contribution in [0.15, 0.2) is 36.4 Å². The Morgan fingerprint density at radius 3 is 2.43 bits per heavy atom. The molecule has 154 valence electrons. The number of carbonyl (C=O) groups is 3. The molecular weight excluding hydrogens is 388 g/mol. The van der Waals surface area contributed by atoms with E-state index in [4.69, 9.17) is 0 Å². The van der Waals surface area contributed by atoms with E-state index in [9.17, 15) is 24.5 Å². The number of carbonyl (C=O) groups excluding carboxylic acids is 3. The number of rotatable bonds is 5. The van der Waals surface area contributed by atoms with E-state index in [1.54, 1.807) is 0 Å².